The summed E-state index contributed by atoms with van der Waals surface area (Å²) in [5, 5.41) is 20.9. The predicted octanol–water partition coefficient (Wildman–Crippen LogP) is 4.46. The average molecular weight is 334 g/mol. The Morgan fingerprint density at radius 3 is 2.30 bits per heavy atom. The van der Waals surface area contributed by atoms with Crippen molar-refractivity contribution in [3.63, 3.8) is 0 Å². The molecule has 2 aromatic rings. The van der Waals surface area contributed by atoms with E-state index in [1.54, 1.807) is 24.3 Å². The van der Waals surface area contributed by atoms with Gasteiger partial charge in [-0.25, -0.2) is 0 Å². The Kier molecular flexibility index (Phi) is 5.00. The number of halogens is 3. The molecular weight excluding hydrogens is 323 g/mol. The Morgan fingerprint density at radius 2 is 1.65 bits per heavy atom. The first kappa shape index (κ1) is 15.3. The number of aliphatic hydroxyl groups excluding tert-OH is 1. The van der Waals surface area contributed by atoms with Gasteiger partial charge in [0.05, 0.1) is 5.02 Å². The van der Waals surface area contributed by atoms with E-state index in [0.717, 1.165) is 0 Å². The fraction of sp³-hybridized carbons (Fsp3) is 0.143. The molecular formula is C14H11Cl3O3. The van der Waals surface area contributed by atoms with Gasteiger partial charge < -0.3 is 14.9 Å². The van der Waals surface area contributed by atoms with Crippen LogP contribution in [0.5, 0.6) is 11.5 Å². The van der Waals surface area contributed by atoms with Crippen molar-refractivity contribution in [2.45, 2.75) is 6.10 Å². The fourth-order valence-electron chi connectivity index (χ4n) is 1.65. The number of phenolic OH excluding ortho intramolecular Hbond substituents is 1. The van der Waals surface area contributed by atoms with Gasteiger partial charge in [0.1, 0.15) is 24.2 Å². The molecule has 1 atom stereocenters. The molecule has 6 heteroatoms. The molecule has 0 radical (unpaired) electrons. The molecule has 0 aliphatic heterocycles. The van der Waals surface area contributed by atoms with Gasteiger partial charge in [-0.15, -0.1) is 0 Å². The van der Waals surface area contributed by atoms with Gasteiger partial charge in [0, 0.05) is 15.6 Å². The summed E-state index contributed by atoms with van der Waals surface area (Å²) >= 11 is 17.5. The highest BCUT2D eigenvalue weighted by atomic mass is 35.5. The van der Waals surface area contributed by atoms with Crippen LogP contribution in [0.4, 0.5) is 0 Å². The monoisotopic (exact) mass is 332 g/mol. The number of rotatable bonds is 4. The van der Waals surface area contributed by atoms with E-state index < -0.39 is 6.10 Å². The number of hydrogen-bond acceptors (Lipinski definition) is 3. The van der Waals surface area contributed by atoms with E-state index in [9.17, 15) is 10.2 Å². The van der Waals surface area contributed by atoms with E-state index in [-0.39, 0.29) is 12.4 Å². The van der Waals surface area contributed by atoms with Crippen molar-refractivity contribution in [1.29, 1.82) is 0 Å². The number of aromatic hydroxyl groups is 1. The van der Waals surface area contributed by atoms with Crippen LogP contribution in [0.2, 0.25) is 15.1 Å². The van der Waals surface area contributed by atoms with Crippen LogP contribution < -0.4 is 4.74 Å². The van der Waals surface area contributed by atoms with Gasteiger partial charge in [-0.2, -0.15) is 0 Å². The van der Waals surface area contributed by atoms with Gasteiger partial charge in [0.15, 0.2) is 0 Å². The third-order valence-electron chi connectivity index (χ3n) is 2.64. The van der Waals surface area contributed by atoms with E-state index >= 15 is 0 Å². The van der Waals surface area contributed by atoms with Crippen molar-refractivity contribution in [2.24, 2.45) is 0 Å². The zero-order valence-corrected chi connectivity index (χ0v) is 12.5. The number of hydrogen-bond donors (Lipinski definition) is 2. The standard InChI is InChI=1S/C14H11Cl3O3/c15-8-2-4-14(11(17)5-8)20-7-13(19)10-3-1-9(16)6-12(10)18/h1-6,13,18-19H,7H2. The molecule has 2 rings (SSSR count). The third kappa shape index (κ3) is 3.70. The first-order valence-corrected chi connectivity index (χ1v) is 6.85. The molecule has 2 N–H and O–H groups in total. The van der Waals surface area contributed by atoms with Crippen LogP contribution in [0.1, 0.15) is 11.7 Å². The average Bonchev–Trinajstić information content (AvgIpc) is 2.37. The van der Waals surface area contributed by atoms with Crippen LogP contribution in [0.25, 0.3) is 0 Å². The summed E-state index contributed by atoms with van der Waals surface area (Å²) in [4.78, 5) is 0. The molecule has 0 fully saturated rings. The first-order valence-electron chi connectivity index (χ1n) is 5.71. The first-order chi connectivity index (χ1) is 9.47. The number of aliphatic hydroxyl groups is 1. The smallest absolute Gasteiger partial charge is 0.138 e. The fourth-order valence-corrected chi connectivity index (χ4v) is 2.28. The van der Waals surface area contributed by atoms with Crippen LogP contribution in [0.3, 0.4) is 0 Å². The molecule has 0 heterocycles. The second-order valence-corrected chi connectivity index (χ2v) is 5.38. The predicted molar refractivity (Wildman–Crippen MR) is 80.0 cm³/mol. The minimum Gasteiger partial charge on any atom is -0.508 e. The molecule has 0 bridgehead atoms. The lowest BCUT2D eigenvalue weighted by molar-refractivity contribution is 0.106. The Bertz CT molecular complexity index is 617. The van der Waals surface area contributed by atoms with Crippen LogP contribution in [-0.4, -0.2) is 16.8 Å². The molecule has 0 spiro atoms. The largest absolute Gasteiger partial charge is 0.508 e. The molecule has 0 saturated heterocycles. The van der Waals surface area contributed by atoms with E-state index in [0.29, 0.717) is 26.4 Å². The van der Waals surface area contributed by atoms with Crippen molar-refractivity contribution >= 4 is 34.8 Å². The van der Waals surface area contributed by atoms with Crippen molar-refractivity contribution in [3.8, 4) is 11.5 Å². The van der Waals surface area contributed by atoms with Crippen LogP contribution >= 0.6 is 34.8 Å². The van der Waals surface area contributed by atoms with Gasteiger partial charge in [-0.3, -0.25) is 0 Å². The molecule has 0 aliphatic carbocycles. The summed E-state index contributed by atoms with van der Waals surface area (Å²) in [6.45, 7) is -0.0590. The molecule has 106 valence electrons. The van der Waals surface area contributed by atoms with Gasteiger partial charge in [-0.1, -0.05) is 40.9 Å². The minimum absolute atomic E-state index is 0.0590. The van der Waals surface area contributed by atoms with E-state index in [2.05, 4.69) is 0 Å². The highest BCUT2D eigenvalue weighted by Gasteiger charge is 2.14. The summed E-state index contributed by atoms with van der Waals surface area (Å²) in [7, 11) is 0. The van der Waals surface area contributed by atoms with Crippen molar-refractivity contribution in [3.05, 3.63) is 57.0 Å². The van der Waals surface area contributed by atoms with Gasteiger partial charge in [0.25, 0.3) is 0 Å². The van der Waals surface area contributed by atoms with Crippen LogP contribution in [0.15, 0.2) is 36.4 Å². The Labute approximate surface area is 131 Å². The minimum atomic E-state index is -1.00. The van der Waals surface area contributed by atoms with Gasteiger partial charge in [-0.05, 0) is 30.3 Å². The maximum atomic E-state index is 10.0. The second-order valence-electron chi connectivity index (χ2n) is 4.10. The molecule has 20 heavy (non-hydrogen) atoms. The zero-order valence-electron chi connectivity index (χ0n) is 10.2. The Balaban J connectivity index is 2.06. The van der Waals surface area contributed by atoms with Crippen molar-refractivity contribution in [2.75, 3.05) is 6.61 Å². The lowest BCUT2D eigenvalue weighted by Crippen LogP contribution is -2.10. The summed E-state index contributed by atoms with van der Waals surface area (Å²) in [5.74, 6) is 0.319. The summed E-state index contributed by atoms with van der Waals surface area (Å²) in [5.41, 5.74) is 0.333. The quantitative estimate of drug-likeness (QED) is 0.868. The molecule has 3 nitrogen and oxygen atoms in total. The molecule has 0 aliphatic rings. The Morgan fingerprint density at radius 1 is 1.00 bits per heavy atom. The zero-order chi connectivity index (χ0) is 14.7. The summed E-state index contributed by atoms with van der Waals surface area (Å²) in [6, 6.07) is 9.26. The maximum absolute atomic E-state index is 10.0. The summed E-state index contributed by atoms with van der Waals surface area (Å²) < 4.78 is 5.41. The van der Waals surface area contributed by atoms with E-state index in [1.807, 2.05) is 0 Å². The highest BCUT2D eigenvalue weighted by Crippen LogP contribution is 2.30. The summed E-state index contributed by atoms with van der Waals surface area (Å²) in [6.07, 6.45) is -1.00. The van der Waals surface area contributed by atoms with Gasteiger partial charge >= 0.3 is 0 Å². The second kappa shape index (κ2) is 6.55. The van der Waals surface area contributed by atoms with E-state index in [1.165, 1.54) is 12.1 Å². The number of benzene rings is 2. The lowest BCUT2D eigenvalue weighted by atomic mass is 10.1. The number of phenols is 1. The third-order valence-corrected chi connectivity index (χ3v) is 3.41. The molecule has 2 aromatic carbocycles. The van der Waals surface area contributed by atoms with Crippen LogP contribution in [-0.2, 0) is 0 Å². The Hall–Kier alpha value is -1.13. The van der Waals surface area contributed by atoms with E-state index in [4.69, 9.17) is 39.5 Å². The van der Waals surface area contributed by atoms with Gasteiger partial charge in [0.2, 0.25) is 0 Å². The maximum Gasteiger partial charge on any atom is 0.138 e. The number of ether oxygens (including phenoxy) is 1. The van der Waals surface area contributed by atoms with Crippen molar-refractivity contribution in [1.82, 2.24) is 0 Å². The normalized spacial score (nSPS) is 12.2. The molecule has 1 unspecified atom stereocenters. The van der Waals surface area contributed by atoms with Crippen LogP contribution in [0, 0.1) is 0 Å². The molecule has 0 saturated carbocycles. The van der Waals surface area contributed by atoms with Crippen molar-refractivity contribution < 1.29 is 14.9 Å². The molecule has 0 amide bonds. The highest BCUT2D eigenvalue weighted by molar-refractivity contribution is 6.35. The molecule has 0 aromatic heterocycles. The SMILES string of the molecule is Oc1cc(Cl)ccc1C(O)COc1ccc(Cl)cc1Cl. The lowest BCUT2D eigenvalue weighted by Gasteiger charge is -2.15. The topological polar surface area (TPSA) is 49.7 Å².